The summed E-state index contributed by atoms with van der Waals surface area (Å²) < 4.78 is 11.1. The van der Waals surface area contributed by atoms with E-state index in [2.05, 4.69) is 29.6 Å². The molecule has 0 radical (unpaired) electrons. The molecule has 8 heteroatoms. The van der Waals surface area contributed by atoms with E-state index in [4.69, 9.17) is 14.6 Å². The van der Waals surface area contributed by atoms with E-state index in [-0.39, 0.29) is 37.6 Å². The van der Waals surface area contributed by atoms with Crippen LogP contribution in [-0.2, 0) is 19.1 Å². The molecule has 180 valence electrons. The molecule has 0 bridgehead atoms. The number of benzene rings is 2. The minimum absolute atomic E-state index is 0.0275. The summed E-state index contributed by atoms with van der Waals surface area (Å²) >= 11 is 0. The van der Waals surface area contributed by atoms with Crippen molar-refractivity contribution < 1.29 is 29.0 Å². The minimum atomic E-state index is -0.888. The molecule has 4 rings (SSSR count). The largest absolute Gasteiger partial charge is 0.481 e. The highest BCUT2D eigenvalue weighted by molar-refractivity contribution is 5.85. The van der Waals surface area contributed by atoms with Gasteiger partial charge in [0, 0.05) is 19.0 Å². The van der Waals surface area contributed by atoms with Crippen molar-refractivity contribution in [2.75, 3.05) is 26.3 Å². The van der Waals surface area contributed by atoms with Crippen LogP contribution in [0.1, 0.15) is 43.2 Å². The number of hydrogen-bond donors (Lipinski definition) is 2. The van der Waals surface area contributed by atoms with E-state index in [9.17, 15) is 14.4 Å². The van der Waals surface area contributed by atoms with E-state index in [0.717, 1.165) is 22.3 Å². The highest BCUT2D eigenvalue weighted by Gasteiger charge is 2.30. The molecule has 1 saturated heterocycles. The number of nitrogens with zero attached hydrogens (tertiary/aromatic N) is 1. The molecule has 1 aliphatic carbocycles. The normalized spacial score (nSPS) is 16.4. The Kier molecular flexibility index (Phi) is 7.47. The summed E-state index contributed by atoms with van der Waals surface area (Å²) in [6, 6.07) is 15.5. The second kappa shape index (κ2) is 10.7. The first-order valence-electron chi connectivity index (χ1n) is 11.7. The third-order valence-electron chi connectivity index (χ3n) is 6.47. The first-order valence-corrected chi connectivity index (χ1v) is 11.7. The van der Waals surface area contributed by atoms with Gasteiger partial charge in [0.25, 0.3) is 0 Å². The Hall–Kier alpha value is -3.39. The van der Waals surface area contributed by atoms with Gasteiger partial charge in [-0.25, -0.2) is 4.79 Å². The van der Waals surface area contributed by atoms with Crippen LogP contribution in [0.3, 0.4) is 0 Å². The van der Waals surface area contributed by atoms with Crippen LogP contribution >= 0.6 is 0 Å². The molecular formula is C26H30N2O6. The Morgan fingerprint density at radius 3 is 2.21 bits per heavy atom. The molecular weight excluding hydrogens is 436 g/mol. The summed E-state index contributed by atoms with van der Waals surface area (Å²) in [7, 11) is 0. The van der Waals surface area contributed by atoms with Crippen molar-refractivity contribution in [1.82, 2.24) is 10.2 Å². The molecule has 2 N–H and O–H groups in total. The van der Waals surface area contributed by atoms with Crippen LogP contribution in [0.15, 0.2) is 48.5 Å². The number of ether oxygens (including phenoxy) is 2. The number of piperidine rings is 1. The van der Waals surface area contributed by atoms with Gasteiger partial charge >= 0.3 is 12.1 Å². The zero-order valence-electron chi connectivity index (χ0n) is 19.2. The van der Waals surface area contributed by atoms with Crippen molar-refractivity contribution in [2.24, 2.45) is 0 Å². The Morgan fingerprint density at radius 1 is 1.03 bits per heavy atom. The molecule has 1 atom stereocenters. The van der Waals surface area contributed by atoms with Gasteiger partial charge in [0.1, 0.15) is 12.6 Å². The van der Waals surface area contributed by atoms with Crippen LogP contribution in [0.4, 0.5) is 4.79 Å². The fourth-order valence-corrected chi connectivity index (χ4v) is 4.71. The fourth-order valence-electron chi connectivity index (χ4n) is 4.71. The number of hydrogen-bond acceptors (Lipinski definition) is 5. The third-order valence-corrected chi connectivity index (χ3v) is 6.47. The van der Waals surface area contributed by atoms with Crippen molar-refractivity contribution in [1.29, 1.82) is 0 Å². The number of alkyl carbamates (subject to hydrolysis) is 1. The zero-order valence-corrected chi connectivity index (χ0v) is 19.2. The first kappa shape index (κ1) is 23.8. The van der Waals surface area contributed by atoms with Crippen molar-refractivity contribution in [3.63, 3.8) is 0 Å². The predicted octanol–water partition coefficient (Wildman–Crippen LogP) is 3.40. The summed E-state index contributed by atoms with van der Waals surface area (Å²) in [6.07, 6.45) is 0.593. The molecule has 0 saturated carbocycles. The highest BCUT2D eigenvalue weighted by Crippen LogP contribution is 2.44. The van der Waals surface area contributed by atoms with Crippen LogP contribution in [0.5, 0.6) is 0 Å². The molecule has 0 aromatic heterocycles. The fraction of sp³-hybridized carbons (Fsp3) is 0.423. The quantitative estimate of drug-likeness (QED) is 0.618. The Morgan fingerprint density at radius 2 is 1.62 bits per heavy atom. The lowest BCUT2D eigenvalue weighted by Gasteiger charge is -2.33. The molecule has 0 spiro atoms. The lowest BCUT2D eigenvalue weighted by Crippen LogP contribution is -2.50. The summed E-state index contributed by atoms with van der Waals surface area (Å²) in [5.74, 6) is -1.09. The van der Waals surface area contributed by atoms with Crippen molar-refractivity contribution in [3.05, 3.63) is 59.7 Å². The smallest absolute Gasteiger partial charge is 0.407 e. The second-order valence-corrected chi connectivity index (χ2v) is 8.73. The maximum absolute atomic E-state index is 12.8. The SMILES string of the molecule is C[C@H](NC(=O)OCC1c2ccccc2-c2ccccc21)C(=O)N1CCC(OCCC(=O)O)CC1. The second-order valence-electron chi connectivity index (χ2n) is 8.73. The van der Waals surface area contributed by atoms with Gasteiger partial charge in [-0.1, -0.05) is 48.5 Å². The van der Waals surface area contributed by atoms with E-state index in [1.165, 1.54) is 0 Å². The van der Waals surface area contributed by atoms with E-state index < -0.39 is 18.1 Å². The molecule has 1 fully saturated rings. The predicted molar refractivity (Wildman–Crippen MR) is 125 cm³/mol. The van der Waals surface area contributed by atoms with Gasteiger partial charge in [0.15, 0.2) is 0 Å². The molecule has 2 aromatic carbocycles. The van der Waals surface area contributed by atoms with Crippen molar-refractivity contribution in [2.45, 2.75) is 44.2 Å². The van der Waals surface area contributed by atoms with Crippen LogP contribution in [0, 0.1) is 0 Å². The monoisotopic (exact) mass is 466 g/mol. The summed E-state index contributed by atoms with van der Waals surface area (Å²) in [6.45, 7) is 3.04. The third kappa shape index (κ3) is 5.39. The summed E-state index contributed by atoms with van der Waals surface area (Å²) in [4.78, 5) is 37.5. The van der Waals surface area contributed by atoms with Crippen LogP contribution in [-0.4, -0.2) is 66.4 Å². The summed E-state index contributed by atoms with van der Waals surface area (Å²) in [5, 5.41) is 11.4. The number of aliphatic carboxylic acids is 1. The highest BCUT2D eigenvalue weighted by atomic mass is 16.5. The molecule has 1 heterocycles. The molecule has 34 heavy (non-hydrogen) atoms. The van der Waals surface area contributed by atoms with Gasteiger partial charge in [-0.15, -0.1) is 0 Å². The Labute approximate surface area is 198 Å². The Bertz CT molecular complexity index is 1000. The van der Waals surface area contributed by atoms with Crippen molar-refractivity contribution in [3.8, 4) is 11.1 Å². The number of nitrogens with one attached hydrogen (secondary N) is 1. The summed E-state index contributed by atoms with van der Waals surface area (Å²) in [5.41, 5.74) is 4.58. The van der Waals surface area contributed by atoms with Crippen molar-refractivity contribution >= 4 is 18.0 Å². The zero-order chi connectivity index (χ0) is 24.1. The number of carboxylic acid groups (broad SMARTS) is 1. The number of rotatable bonds is 8. The van der Waals surface area contributed by atoms with Gasteiger partial charge in [-0.3, -0.25) is 9.59 Å². The van der Waals surface area contributed by atoms with E-state index in [0.29, 0.717) is 25.9 Å². The van der Waals surface area contributed by atoms with E-state index in [1.54, 1.807) is 11.8 Å². The van der Waals surface area contributed by atoms with Gasteiger partial charge in [-0.05, 0) is 42.0 Å². The van der Waals surface area contributed by atoms with Gasteiger partial charge in [-0.2, -0.15) is 0 Å². The number of carboxylic acids is 1. The first-order chi connectivity index (χ1) is 16.4. The maximum Gasteiger partial charge on any atom is 0.407 e. The average molecular weight is 467 g/mol. The molecule has 8 nitrogen and oxygen atoms in total. The molecule has 1 aliphatic heterocycles. The number of carbonyl (C=O) groups is 3. The van der Waals surface area contributed by atoms with E-state index >= 15 is 0 Å². The Balaban J connectivity index is 1.25. The van der Waals surface area contributed by atoms with Crippen LogP contribution in [0.25, 0.3) is 11.1 Å². The maximum atomic E-state index is 12.8. The molecule has 2 aliphatic rings. The van der Waals surface area contributed by atoms with Crippen LogP contribution < -0.4 is 5.32 Å². The number of fused-ring (bicyclic) bond motifs is 3. The number of amides is 2. The van der Waals surface area contributed by atoms with Gasteiger partial charge in [0.05, 0.1) is 19.1 Å². The molecule has 2 aromatic rings. The lowest BCUT2D eigenvalue weighted by molar-refractivity contribution is -0.139. The molecule has 0 unspecified atom stereocenters. The van der Waals surface area contributed by atoms with Crippen LogP contribution in [0.2, 0.25) is 0 Å². The average Bonchev–Trinajstić information content (AvgIpc) is 3.16. The van der Waals surface area contributed by atoms with E-state index in [1.807, 2.05) is 24.3 Å². The number of carbonyl (C=O) groups excluding carboxylic acids is 2. The van der Waals surface area contributed by atoms with Gasteiger partial charge < -0.3 is 24.8 Å². The topological polar surface area (TPSA) is 105 Å². The van der Waals surface area contributed by atoms with Gasteiger partial charge in [0.2, 0.25) is 5.91 Å². The minimum Gasteiger partial charge on any atom is -0.481 e. The number of likely N-dealkylation sites (tertiary alicyclic amines) is 1. The molecule has 2 amide bonds. The lowest BCUT2D eigenvalue weighted by atomic mass is 9.98. The standard InChI is InChI=1S/C26H30N2O6/c1-17(25(31)28-13-10-18(11-14-28)33-15-12-24(29)30)27-26(32)34-16-23-21-8-4-2-6-19(21)20-7-3-5-9-22(20)23/h2-9,17-18,23H,10-16H2,1H3,(H,27,32)(H,29,30)/t17-/m0/s1.